The summed E-state index contributed by atoms with van der Waals surface area (Å²) in [5.74, 6) is -3.96. The molecule has 1 saturated heterocycles. The van der Waals surface area contributed by atoms with E-state index in [0.717, 1.165) is 24.3 Å². The Morgan fingerprint density at radius 3 is 2.18 bits per heavy atom. The number of phenolic OH excluding ortho intramolecular Hbond substituents is 6. The fraction of sp³-hybridized carbons (Fsp3) is 0.233. The molecule has 3 aromatic carbocycles. The first-order valence-corrected chi connectivity index (χ1v) is 13.1. The lowest BCUT2D eigenvalue weighted by Crippen LogP contribution is -2.59. The summed E-state index contributed by atoms with van der Waals surface area (Å²) in [5, 5.41) is 91.3. The van der Waals surface area contributed by atoms with Gasteiger partial charge in [0.05, 0.1) is 5.56 Å². The lowest BCUT2D eigenvalue weighted by Gasteiger charge is -2.41. The Hall–Kier alpha value is -5.15. The van der Waals surface area contributed by atoms with E-state index in [1.807, 2.05) is 0 Å². The summed E-state index contributed by atoms with van der Waals surface area (Å²) in [6.07, 6.45) is -6.01. The topological polar surface area (TPSA) is 236 Å². The molecule has 1 fully saturated rings. The van der Waals surface area contributed by atoms with E-state index in [1.165, 1.54) is 30.4 Å². The van der Waals surface area contributed by atoms with Gasteiger partial charge in [0.2, 0.25) is 6.29 Å². The first kappa shape index (κ1) is 30.3. The van der Waals surface area contributed by atoms with E-state index in [2.05, 4.69) is 0 Å². The SMILES string of the molecule is O=C(/C=C/c1ccc(O)cc1)OC[C@H]1O[C@@H](OC2=Cc3c(O)cc(O)cc3OC2c2cc(O)c(O)c(O)c2)[C@H](O)[C@@H](O)[C@H]1O. The van der Waals surface area contributed by atoms with Gasteiger partial charge in [-0.1, -0.05) is 12.1 Å². The maximum Gasteiger partial charge on any atom is 0.330 e. The van der Waals surface area contributed by atoms with Gasteiger partial charge >= 0.3 is 5.97 Å². The van der Waals surface area contributed by atoms with Gasteiger partial charge in [0.15, 0.2) is 23.4 Å². The monoisotopic (exact) mass is 612 g/mol. The van der Waals surface area contributed by atoms with Gasteiger partial charge in [-0.05, 0) is 42.0 Å². The van der Waals surface area contributed by atoms with Crippen molar-refractivity contribution >= 4 is 18.1 Å². The predicted octanol–water partition coefficient (Wildman–Crippen LogP) is 1.48. The molecule has 2 aliphatic heterocycles. The van der Waals surface area contributed by atoms with Crippen LogP contribution >= 0.6 is 0 Å². The smallest absolute Gasteiger partial charge is 0.330 e. The first-order chi connectivity index (χ1) is 20.9. The number of esters is 1. The number of carbonyl (C=O) groups is 1. The van der Waals surface area contributed by atoms with E-state index >= 15 is 0 Å². The highest BCUT2D eigenvalue weighted by molar-refractivity contribution is 5.87. The molecule has 5 rings (SSSR count). The highest BCUT2D eigenvalue weighted by Gasteiger charge is 2.46. The molecule has 6 atom stereocenters. The third kappa shape index (κ3) is 6.28. The van der Waals surface area contributed by atoms with E-state index in [1.54, 1.807) is 12.1 Å². The van der Waals surface area contributed by atoms with E-state index in [-0.39, 0.29) is 34.1 Å². The molecule has 0 aliphatic carbocycles. The fourth-order valence-electron chi connectivity index (χ4n) is 4.60. The van der Waals surface area contributed by atoms with Crippen LogP contribution in [-0.4, -0.2) is 89.2 Å². The summed E-state index contributed by atoms with van der Waals surface area (Å²) in [6.45, 7) is -0.564. The molecule has 14 heteroatoms. The minimum absolute atomic E-state index is 0.0225. The number of phenols is 6. The highest BCUT2D eigenvalue weighted by atomic mass is 16.7. The normalized spacial score (nSPS) is 24.7. The third-order valence-corrected chi connectivity index (χ3v) is 6.91. The molecule has 0 spiro atoms. The third-order valence-electron chi connectivity index (χ3n) is 6.91. The molecule has 232 valence electrons. The average Bonchev–Trinajstić information content (AvgIpc) is 2.98. The molecule has 1 unspecified atom stereocenters. The van der Waals surface area contributed by atoms with E-state index in [0.29, 0.717) is 5.56 Å². The van der Waals surface area contributed by atoms with Crippen molar-refractivity contribution in [1.29, 1.82) is 0 Å². The molecular weight excluding hydrogens is 584 g/mol. The lowest BCUT2D eigenvalue weighted by molar-refractivity contribution is -0.294. The Morgan fingerprint density at radius 2 is 1.50 bits per heavy atom. The number of ether oxygens (including phenoxy) is 4. The summed E-state index contributed by atoms with van der Waals surface area (Å²) in [5.41, 5.74) is 0.656. The Kier molecular flexibility index (Phi) is 8.42. The lowest BCUT2D eigenvalue weighted by atomic mass is 9.98. The van der Waals surface area contributed by atoms with E-state index in [9.17, 15) is 50.8 Å². The van der Waals surface area contributed by atoms with Gasteiger partial charge < -0.3 is 64.9 Å². The molecule has 3 aromatic rings. The van der Waals surface area contributed by atoms with E-state index < -0.39 is 72.4 Å². The maximum absolute atomic E-state index is 12.3. The second-order valence-corrected chi connectivity index (χ2v) is 10.0. The van der Waals surface area contributed by atoms with Crippen LogP contribution in [0.15, 0.2) is 60.4 Å². The Morgan fingerprint density at radius 1 is 0.818 bits per heavy atom. The highest BCUT2D eigenvalue weighted by Crippen LogP contribution is 2.47. The van der Waals surface area contributed by atoms with Crippen molar-refractivity contribution in [2.24, 2.45) is 0 Å². The van der Waals surface area contributed by atoms with Crippen LogP contribution < -0.4 is 4.74 Å². The Labute approximate surface area is 248 Å². The second kappa shape index (κ2) is 12.2. The molecule has 0 bridgehead atoms. The van der Waals surface area contributed by atoms with Crippen molar-refractivity contribution in [1.82, 2.24) is 0 Å². The number of hydrogen-bond acceptors (Lipinski definition) is 14. The Bertz CT molecular complexity index is 1570. The van der Waals surface area contributed by atoms with Crippen molar-refractivity contribution in [3.05, 3.63) is 77.1 Å². The van der Waals surface area contributed by atoms with Crippen LogP contribution in [0.1, 0.15) is 22.8 Å². The van der Waals surface area contributed by atoms with Crippen LogP contribution in [0.25, 0.3) is 12.2 Å². The fourth-order valence-corrected chi connectivity index (χ4v) is 4.60. The van der Waals surface area contributed by atoms with Crippen molar-refractivity contribution in [2.45, 2.75) is 36.8 Å². The summed E-state index contributed by atoms with van der Waals surface area (Å²) in [4.78, 5) is 12.3. The zero-order valence-electron chi connectivity index (χ0n) is 22.6. The molecule has 2 aliphatic rings. The number of benzene rings is 3. The molecule has 44 heavy (non-hydrogen) atoms. The number of aromatic hydroxyl groups is 6. The summed E-state index contributed by atoms with van der Waals surface area (Å²) in [6, 6.07) is 10.3. The average molecular weight is 613 g/mol. The molecule has 0 aromatic heterocycles. The molecule has 0 amide bonds. The van der Waals surface area contributed by atoms with Gasteiger partial charge in [-0.15, -0.1) is 0 Å². The Balaban J connectivity index is 1.37. The van der Waals surface area contributed by atoms with Crippen LogP contribution in [0.3, 0.4) is 0 Å². The number of rotatable bonds is 7. The standard InChI is InChI=1S/C30H28O14/c31-15-4-1-13(2-5-15)3-6-24(36)41-12-23-26(38)27(39)28(40)30(44-23)43-22-11-17-18(33)9-16(32)10-21(17)42-29(22)14-7-19(34)25(37)20(35)8-14/h1-11,23,26-35,37-40H,12H2/b6-3+/t23-,26+,27+,28-,29?,30-/m1/s1. The van der Waals surface area contributed by atoms with Crippen molar-refractivity contribution in [2.75, 3.05) is 6.61 Å². The molecule has 0 saturated carbocycles. The summed E-state index contributed by atoms with van der Waals surface area (Å²) in [7, 11) is 0. The quantitative estimate of drug-likeness (QED) is 0.104. The number of carbonyl (C=O) groups excluding carboxylic acids is 1. The van der Waals surface area contributed by atoms with Gasteiger partial charge in [0.1, 0.15) is 59.8 Å². The van der Waals surface area contributed by atoms with Gasteiger partial charge in [-0.2, -0.15) is 0 Å². The van der Waals surface area contributed by atoms with E-state index in [4.69, 9.17) is 18.9 Å². The van der Waals surface area contributed by atoms with Crippen LogP contribution in [0.4, 0.5) is 0 Å². The number of aliphatic hydroxyl groups is 3. The zero-order valence-corrected chi connectivity index (χ0v) is 22.6. The van der Waals surface area contributed by atoms with Gasteiger partial charge in [-0.3, -0.25) is 0 Å². The van der Waals surface area contributed by atoms with Crippen molar-refractivity contribution in [3.63, 3.8) is 0 Å². The van der Waals surface area contributed by atoms with Crippen molar-refractivity contribution in [3.8, 4) is 40.2 Å². The number of aliphatic hydroxyl groups excluding tert-OH is 3. The largest absolute Gasteiger partial charge is 0.508 e. The molecule has 2 heterocycles. The van der Waals surface area contributed by atoms with Crippen molar-refractivity contribution < 1.29 is 69.7 Å². The van der Waals surface area contributed by atoms with Gasteiger partial charge in [0.25, 0.3) is 0 Å². The van der Waals surface area contributed by atoms with Crippen LogP contribution in [0, 0.1) is 0 Å². The van der Waals surface area contributed by atoms with Crippen LogP contribution in [-0.2, 0) is 19.0 Å². The molecule has 0 radical (unpaired) electrons. The molecule has 9 N–H and O–H groups in total. The molecular formula is C30H28O14. The maximum atomic E-state index is 12.3. The summed E-state index contributed by atoms with van der Waals surface area (Å²) >= 11 is 0. The van der Waals surface area contributed by atoms with Crippen LogP contribution in [0.5, 0.6) is 40.2 Å². The molecule has 14 nitrogen and oxygen atoms in total. The minimum Gasteiger partial charge on any atom is -0.508 e. The van der Waals surface area contributed by atoms with Crippen LogP contribution in [0.2, 0.25) is 0 Å². The zero-order chi connectivity index (χ0) is 31.7. The predicted molar refractivity (Wildman–Crippen MR) is 148 cm³/mol. The summed E-state index contributed by atoms with van der Waals surface area (Å²) < 4.78 is 22.5. The number of hydrogen-bond donors (Lipinski definition) is 9. The number of fused-ring (bicyclic) bond motifs is 1. The first-order valence-electron chi connectivity index (χ1n) is 13.1. The van der Waals surface area contributed by atoms with Gasteiger partial charge in [0, 0.05) is 23.8 Å². The van der Waals surface area contributed by atoms with Gasteiger partial charge in [-0.25, -0.2) is 4.79 Å². The minimum atomic E-state index is -1.84. The second-order valence-electron chi connectivity index (χ2n) is 10.0.